The number of fused-ring (bicyclic) bond motifs is 3. The van der Waals surface area contributed by atoms with Crippen LogP contribution in [0, 0.1) is 27.9 Å². The molecule has 2 fully saturated rings. The molecule has 0 saturated carbocycles. The van der Waals surface area contributed by atoms with Crippen LogP contribution in [0.5, 0.6) is 11.5 Å². The van der Waals surface area contributed by atoms with Gasteiger partial charge >= 0.3 is 7.12 Å². The predicted molar refractivity (Wildman–Crippen MR) is 181 cm³/mol. The van der Waals surface area contributed by atoms with Crippen molar-refractivity contribution in [2.75, 3.05) is 11.5 Å². The van der Waals surface area contributed by atoms with Gasteiger partial charge in [-0.25, -0.2) is 4.90 Å². The van der Waals surface area contributed by atoms with Crippen molar-refractivity contribution in [3.8, 4) is 11.5 Å². The molecule has 0 radical (unpaired) electrons. The Morgan fingerprint density at radius 2 is 1.89 bits per heavy atom. The summed E-state index contributed by atoms with van der Waals surface area (Å²) >= 11 is 3.46. The maximum absolute atomic E-state index is 14.1. The lowest BCUT2D eigenvalue weighted by Crippen LogP contribution is -2.46. The van der Waals surface area contributed by atoms with Gasteiger partial charge in [0.2, 0.25) is 11.8 Å². The third kappa shape index (κ3) is 6.76. The Balaban J connectivity index is 1.34. The highest BCUT2D eigenvalue weighted by molar-refractivity contribution is 9.10. The highest BCUT2D eigenvalue weighted by Crippen LogP contribution is 2.51. The zero-order valence-corrected chi connectivity index (χ0v) is 27.3. The predicted octanol–water partition coefficient (Wildman–Crippen LogP) is 6.72. The number of nitro groups is 1. The number of amides is 2. The molecule has 3 aromatic rings. The van der Waals surface area contributed by atoms with Gasteiger partial charge in [-0.05, 0) is 85.5 Å². The van der Waals surface area contributed by atoms with Gasteiger partial charge in [0.25, 0.3) is 5.69 Å². The van der Waals surface area contributed by atoms with Crippen LogP contribution in [-0.2, 0) is 14.2 Å². The minimum Gasteiger partial charge on any atom is -0.507 e. The largest absolute Gasteiger partial charge is 0.507 e. The first-order valence-electron chi connectivity index (χ1n) is 15.7. The van der Waals surface area contributed by atoms with Crippen LogP contribution in [0.3, 0.4) is 0 Å². The molecule has 2 amide bonds. The second-order valence-corrected chi connectivity index (χ2v) is 13.0. The third-order valence-corrected chi connectivity index (χ3v) is 9.79. The van der Waals surface area contributed by atoms with E-state index in [0.29, 0.717) is 24.2 Å². The molecule has 1 aliphatic carbocycles. The number of imide groups is 1. The minimum atomic E-state index is -1.15. The topological polar surface area (TPSA) is 139 Å². The molecule has 2 aliphatic heterocycles. The highest BCUT2D eigenvalue weighted by atomic mass is 79.9. The number of non-ortho nitro benzene ring substituents is 1. The van der Waals surface area contributed by atoms with E-state index >= 15 is 0 Å². The summed E-state index contributed by atoms with van der Waals surface area (Å²) in [6, 6.07) is 20.1. The molecule has 0 aromatic heterocycles. The molecule has 4 atom stereocenters. The molecule has 47 heavy (non-hydrogen) atoms. The molecule has 0 unspecified atom stereocenters. The molecule has 3 aromatic carbocycles. The molecule has 12 heteroatoms. The zero-order chi connectivity index (χ0) is 33.2. The van der Waals surface area contributed by atoms with E-state index in [1.165, 1.54) is 24.3 Å². The fourth-order valence-corrected chi connectivity index (χ4v) is 7.49. The second-order valence-electron chi connectivity index (χ2n) is 12.1. The summed E-state index contributed by atoms with van der Waals surface area (Å²) in [7, 11) is -1.15. The van der Waals surface area contributed by atoms with Crippen LogP contribution >= 0.6 is 15.9 Å². The van der Waals surface area contributed by atoms with Gasteiger partial charge in [0.05, 0.1) is 28.6 Å². The Hall–Kier alpha value is -4.26. The van der Waals surface area contributed by atoms with E-state index in [4.69, 9.17) is 9.39 Å². The molecular formula is C35H34BBrN2O8. The summed E-state index contributed by atoms with van der Waals surface area (Å²) in [5.41, 5.74) is 3.42. The number of anilines is 1. The zero-order valence-electron chi connectivity index (χ0n) is 25.8. The maximum atomic E-state index is 14.1. The number of carbonyl (C=O) groups excluding carboxylic acids is 2. The number of ether oxygens (including phenoxy) is 1. The Morgan fingerprint density at radius 3 is 2.64 bits per heavy atom. The lowest BCUT2D eigenvalue weighted by Gasteiger charge is -2.43. The monoisotopic (exact) mass is 700 g/mol. The Bertz CT molecular complexity index is 1760. The molecule has 242 valence electrons. The number of halogens is 1. The number of nitrogens with zero attached hydrogens (tertiary/aromatic N) is 2. The maximum Gasteiger partial charge on any atom is 0.455 e. The number of nitro benzene ring substituents is 1. The van der Waals surface area contributed by atoms with E-state index in [9.17, 15) is 29.8 Å². The normalized spacial score (nSPS) is 22.7. The lowest BCUT2D eigenvalue weighted by atomic mass is 9.58. The van der Waals surface area contributed by atoms with Gasteiger partial charge < -0.3 is 19.5 Å². The highest BCUT2D eigenvalue weighted by Gasteiger charge is 2.57. The van der Waals surface area contributed by atoms with Crippen molar-refractivity contribution in [2.45, 2.75) is 45.0 Å². The summed E-state index contributed by atoms with van der Waals surface area (Å²) in [4.78, 5) is 40.0. The van der Waals surface area contributed by atoms with Gasteiger partial charge in [-0.3, -0.25) is 19.7 Å². The first kappa shape index (κ1) is 32.7. The Morgan fingerprint density at radius 1 is 1.11 bits per heavy atom. The van der Waals surface area contributed by atoms with Gasteiger partial charge in [-0.1, -0.05) is 58.8 Å². The second kappa shape index (κ2) is 13.8. The van der Waals surface area contributed by atoms with Gasteiger partial charge in [0.15, 0.2) is 0 Å². The molecule has 2 saturated heterocycles. The van der Waals surface area contributed by atoms with Crippen LogP contribution in [0.2, 0.25) is 6.32 Å². The van der Waals surface area contributed by atoms with Crippen LogP contribution < -0.4 is 9.64 Å². The molecule has 10 nitrogen and oxygen atoms in total. The molecule has 2 heterocycles. The molecule has 6 rings (SSSR count). The molecule has 0 spiro atoms. The summed E-state index contributed by atoms with van der Waals surface area (Å²) in [5, 5.41) is 32.9. The van der Waals surface area contributed by atoms with Crippen LogP contribution in [0.25, 0.3) is 6.08 Å². The molecular weight excluding hydrogens is 667 g/mol. The molecule has 3 aliphatic rings. The van der Waals surface area contributed by atoms with Crippen molar-refractivity contribution in [2.24, 2.45) is 17.8 Å². The number of aromatic hydroxyl groups is 1. The molecule has 0 bridgehead atoms. The SMILES string of the molecule is CC/C(=C\c1cc(Br)ccc1O)CC[C@H]1OB(O)C[C@H]2C1=C(COc1ccccc1)C[C@H]1C(=O)N(c3cccc([N+](=O)[O-])c3)C(=O)[C@H]12. The van der Waals surface area contributed by atoms with Crippen molar-refractivity contribution < 1.29 is 34.0 Å². The van der Waals surface area contributed by atoms with Gasteiger partial charge in [-0.15, -0.1) is 0 Å². The number of para-hydroxylation sites is 1. The van der Waals surface area contributed by atoms with E-state index in [-0.39, 0.29) is 36.5 Å². The van der Waals surface area contributed by atoms with E-state index in [2.05, 4.69) is 15.9 Å². The summed E-state index contributed by atoms with van der Waals surface area (Å²) in [6.07, 6.45) is 3.63. The smallest absolute Gasteiger partial charge is 0.455 e. The average molecular weight is 701 g/mol. The number of hydrogen-bond donors (Lipinski definition) is 2. The van der Waals surface area contributed by atoms with Crippen LogP contribution in [0.15, 0.2) is 94.0 Å². The first-order valence-corrected chi connectivity index (χ1v) is 16.5. The van der Waals surface area contributed by atoms with Gasteiger partial charge in [0, 0.05) is 22.2 Å². The van der Waals surface area contributed by atoms with E-state index in [1.807, 2.05) is 49.4 Å². The van der Waals surface area contributed by atoms with Crippen molar-refractivity contribution in [3.63, 3.8) is 0 Å². The Labute approximate surface area is 281 Å². The summed E-state index contributed by atoms with van der Waals surface area (Å²) < 4.78 is 13.2. The lowest BCUT2D eigenvalue weighted by molar-refractivity contribution is -0.384. The third-order valence-electron chi connectivity index (χ3n) is 9.29. The van der Waals surface area contributed by atoms with Gasteiger partial charge in [0.1, 0.15) is 18.1 Å². The van der Waals surface area contributed by atoms with E-state index in [0.717, 1.165) is 32.5 Å². The first-order chi connectivity index (χ1) is 22.6. The number of phenols is 1. The summed E-state index contributed by atoms with van der Waals surface area (Å²) in [6.45, 7) is 2.21. The Kier molecular flexibility index (Phi) is 9.63. The van der Waals surface area contributed by atoms with E-state index < -0.39 is 47.7 Å². The molecule has 2 N–H and O–H groups in total. The van der Waals surface area contributed by atoms with Crippen molar-refractivity contribution in [1.29, 1.82) is 0 Å². The summed E-state index contributed by atoms with van der Waals surface area (Å²) in [5.74, 6) is -1.97. The van der Waals surface area contributed by atoms with E-state index in [1.54, 1.807) is 12.1 Å². The number of rotatable bonds is 10. The fourth-order valence-electron chi connectivity index (χ4n) is 7.11. The number of phenolic OH excluding ortho intramolecular Hbond substituents is 1. The van der Waals surface area contributed by atoms with Gasteiger partial charge in [-0.2, -0.15) is 0 Å². The number of hydrogen-bond acceptors (Lipinski definition) is 8. The van der Waals surface area contributed by atoms with Crippen LogP contribution in [-0.4, -0.2) is 46.7 Å². The minimum absolute atomic E-state index is 0.131. The van der Waals surface area contributed by atoms with Crippen molar-refractivity contribution in [3.05, 3.63) is 110 Å². The number of carbonyl (C=O) groups is 2. The fraction of sp³-hybridized carbons (Fsp3) is 0.314. The van der Waals surface area contributed by atoms with Crippen LogP contribution in [0.4, 0.5) is 11.4 Å². The van der Waals surface area contributed by atoms with Crippen molar-refractivity contribution in [1.82, 2.24) is 0 Å². The van der Waals surface area contributed by atoms with Crippen molar-refractivity contribution >= 4 is 52.3 Å². The number of allylic oxidation sites excluding steroid dienone is 1. The quantitative estimate of drug-likeness (QED) is 0.0782. The standard InChI is InChI=1S/C35H34BBrN2O8/c1-2-21(15-22-16-24(37)12-13-30(22)40)11-14-31-32-23(20-46-27-9-4-3-5-10-27)17-28-33(29(32)19-36(43)47-31)35(42)38(34(28)41)25-7-6-8-26(18-25)39(44)45/h3-10,12-13,15-16,18,28-29,31,33,40,43H,2,11,14,17,19-20H2,1H3/b21-15+/t28-,29+,31-,33-/m1/s1. The van der Waals surface area contributed by atoms with Crippen LogP contribution in [0.1, 0.15) is 38.2 Å². The average Bonchev–Trinajstić information content (AvgIpc) is 3.32. The number of benzene rings is 3.